The molecule has 0 radical (unpaired) electrons. The Morgan fingerprint density at radius 2 is 2.50 bits per heavy atom. The molecule has 0 amide bonds. The Labute approximate surface area is 93.0 Å². The molecular weight excluding hydrogens is 204 g/mol. The topological polar surface area (TPSA) is 55.0 Å². The highest BCUT2D eigenvalue weighted by atomic mass is 16.5. The number of nitrogens with zero attached hydrogens (tertiary/aromatic N) is 1. The van der Waals surface area contributed by atoms with Crippen LogP contribution in [-0.2, 0) is 4.74 Å². The first kappa shape index (κ1) is 10.4. The van der Waals surface area contributed by atoms with Crippen molar-refractivity contribution < 1.29 is 9.53 Å². The Hall–Kier alpha value is -2.10. The highest BCUT2D eigenvalue weighted by Gasteiger charge is 2.10. The van der Waals surface area contributed by atoms with E-state index in [1.54, 1.807) is 25.3 Å². The predicted molar refractivity (Wildman–Crippen MR) is 62.1 cm³/mol. The van der Waals surface area contributed by atoms with Gasteiger partial charge in [-0.25, -0.2) is 9.78 Å². The molecule has 2 rings (SSSR count). The van der Waals surface area contributed by atoms with Crippen LogP contribution in [-0.4, -0.2) is 22.5 Å². The lowest BCUT2D eigenvalue weighted by Gasteiger charge is -2.00. The average molecular weight is 216 g/mol. The largest absolute Gasteiger partial charge is 0.461 e. The molecule has 0 saturated carbocycles. The zero-order valence-electron chi connectivity index (χ0n) is 8.99. The number of ether oxygens (including phenoxy) is 1. The molecule has 16 heavy (non-hydrogen) atoms. The minimum absolute atomic E-state index is 0.312. The van der Waals surface area contributed by atoms with Gasteiger partial charge in [0.05, 0.1) is 6.61 Å². The number of nitrogens with one attached hydrogen (secondary N) is 1. The molecular formula is C12H12N2O2. The molecule has 0 aliphatic carbocycles. The smallest absolute Gasteiger partial charge is 0.356 e. The molecule has 0 atom stereocenters. The lowest BCUT2D eigenvalue weighted by molar-refractivity contribution is 0.0519. The quantitative estimate of drug-likeness (QED) is 0.801. The van der Waals surface area contributed by atoms with Crippen LogP contribution < -0.4 is 0 Å². The molecule has 0 aliphatic heterocycles. The van der Waals surface area contributed by atoms with E-state index in [2.05, 4.69) is 16.5 Å². The second-order valence-corrected chi connectivity index (χ2v) is 3.28. The Balaban J connectivity index is 2.45. The van der Waals surface area contributed by atoms with Gasteiger partial charge in [-0.1, -0.05) is 12.7 Å². The lowest BCUT2D eigenvalue weighted by Crippen LogP contribution is -2.06. The van der Waals surface area contributed by atoms with Gasteiger partial charge in [0, 0.05) is 28.9 Å². The number of pyridine rings is 1. The predicted octanol–water partition coefficient (Wildman–Crippen LogP) is 2.38. The highest BCUT2D eigenvalue weighted by Crippen LogP contribution is 2.18. The minimum Gasteiger partial charge on any atom is -0.461 e. The minimum atomic E-state index is -0.404. The van der Waals surface area contributed by atoms with Crippen LogP contribution in [0.4, 0.5) is 0 Å². The van der Waals surface area contributed by atoms with Crippen LogP contribution in [0.5, 0.6) is 0 Å². The van der Waals surface area contributed by atoms with Crippen LogP contribution in [0.3, 0.4) is 0 Å². The maximum absolute atomic E-state index is 11.4. The Morgan fingerprint density at radius 3 is 3.19 bits per heavy atom. The van der Waals surface area contributed by atoms with Crippen molar-refractivity contribution in [2.24, 2.45) is 0 Å². The SMILES string of the molecule is C=Cc1c[nH]c2cc(C(=O)OCC)ncc12. The Bertz CT molecular complexity index is 543. The number of carbonyl (C=O) groups is 1. The van der Waals surface area contributed by atoms with Crippen molar-refractivity contribution in [1.29, 1.82) is 0 Å². The van der Waals surface area contributed by atoms with Gasteiger partial charge < -0.3 is 9.72 Å². The van der Waals surface area contributed by atoms with Crippen molar-refractivity contribution in [2.45, 2.75) is 6.92 Å². The van der Waals surface area contributed by atoms with Crippen LogP contribution >= 0.6 is 0 Å². The molecule has 2 aromatic heterocycles. The number of carbonyl (C=O) groups excluding carboxylic acids is 1. The van der Waals surface area contributed by atoms with Crippen molar-refractivity contribution in [3.63, 3.8) is 0 Å². The van der Waals surface area contributed by atoms with E-state index in [4.69, 9.17) is 4.74 Å². The van der Waals surface area contributed by atoms with Gasteiger partial charge in [0.1, 0.15) is 5.69 Å². The van der Waals surface area contributed by atoms with E-state index in [0.29, 0.717) is 12.3 Å². The fourth-order valence-corrected chi connectivity index (χ4v) is 1.52. The molecule has 0 saturated heterocycles. The number of esters is 1. The van der Waals surface area contributed by atoms with Crippen LogP contribution in [0.15, 0.2) is 25.0 Å². The molecule has 0 unspecified atom stereocenters. The number of rotatable bonds is 3. The summed E-state index contributed by atoms with van der Waals surface area (Å²) in [5.74, 6) is -0.404. The van der Waals surface area contributed by atoms with Gasteiger partial charge in [-0.05, 0) is 13.0 Å². The van der Waals surface area contributed by atoms with Crippen LogP contribution in [0.1, 0.15) is 23.0 Å². The van der Waals surface area contributed by atoms with Crippen LogP contribution in [0, 0.1) is 0 Å². The second-order valence-electron chi connectivity index (χ2n) is 3.28. The monoisotopic (exact) mass is 216 g/mol. The summed E-state index contributed by atoms with van der Waals surface area (Å²) in [6.07, 6.45) is 5.22. The average Bonchev–Trinajstić information content (AvgIpc) is 2.71. The maximum atomic E-state index is 11.4. The summed E-state index contributed by atoms with van der Waals surface area (Å²) in [6, 6.07) is 1.68. The Morgan fingerprint density at radius 1 is 1.69 bits per heavy atom. The maximum Gasteiger partial charge on any atom is 0.356 e. The van der Waals surface area contributed by atoms with Gasteiger partial charge in [0.25, 0.3) is 0 Å². The molecule has 0 fully saturated rings. The number of fused-ring (bicyclic) bond motifs is 1. The van der Waals surface area contributed by atoms with E-state index >= 15 is 0 Å². The molecule has 0 aliphatic rings. The third-order valence-corrected chi connectivity index (χ3v) is 2.30. The van der Waals surface area contributed by atoms with Crippen molar-refractivity contribution in [3.8, 4) is 0 Å². The van der Waals surface area contributed by atoms with E-state index in [1.807, 2.05) is 6.20 Å². The summed E-state index contributed by atoms with van der Waals surface area (Å²) in [4.78, 5) is 18.6. The van der Waals surface area contributed by atoms with Crippen LogP contribution in [0.2, 0.25) is 0 Å². The van der Waals surface area contributed by atoms with Crippen molar-refractivity contribution in [2.75, 3.05) is 6.61 Å². The van der Waals surface area contributed by atoms with Crippen molar-refractivity contribution in [3.05, 3.63) is 36.3 Å². The number of hydrogen-bond donors (Lipinski definition) is 1. The normalized spacial score (nSPS) is 10.3. The number of aromatic nitrogens is 2. The first-order chi connectivity index (χ1) is 7.76. The van der Waals surface area contributed by atoms with E-state index in [9.17, 15) is 4.79 Å². The molecule has 0 bridgehead atoms. The summed E-state index contributed by atoms with van der Waals surface area (Å²) in [6.45, 7) is 5.81. The van der Waals surface area contributed by atoms with Gasteiger partial charge in [0.2, 0.25) is 0 Å². The molecule has 4 nitrogen and oxygen atoms in total. The molecule has 82 valence electrons. The third kappa shape index (κ3) is 1.69. The Kier molecular flexibility index (Phi) is 2.72. The third-order valence-electron chi connectivity index (χ3n) is 2.30. The van der Waals surface area contributed by atoms with Crippen molar-refractivity contribution in [1.82, 2.24) is 9.97 Å². The van der Waals surface area contributed by atoms with Gasteiger partial charge >= 0.3 is 5.97 Å². The fraction of sp³-hybridized carbons (Fsp3) is 0.167. The summed E-state index contributed by atoms with van der Waals surface area (Å²) < 4.78 is 4.87. The highest BCUT2D eigenvalue weighted by molar-refractivity contribution is 5.94. The zero-order valence-corrected chi connectivity index (χ0v) is 8.99. The zero-order chi connectivity index (χ0) is 11.5. The van der Waals surface area contributed by atoms with Gasteiger partial charge in [-0.2, -0.15) is 0 Å². The van der Waals surface area contributed by atoms with E-state index in [1.165, 1.54) is 0 Å². The number of H-pyrrole nitrogens is 1. The van der Waals surface area contributed by atoms with Gasteiger partial charge in [-0.15, -0.1) is 0 Å². The van der Waals surface area contributed by atoms with Crippen LogP contribution in [0.25, 0.3) is 17.0 Å². The number of aromatic amines is 1. The fourth-order valence-electron chi connectivity index (χ4n) is 1.52. The molecule has 0 aromatic carbocycles. The molecule has 1 N–H and O–H groups in total. The lowest BCUT2D eigenvalue weighted by atomic mass is 10.2. The second kappa shape index (κ2) is 4.18. The standard InChI is InChI=1S/C12H12N2O2/c1-3-8-6-13-10-5-11(12(15)16-4-2)14-7-9(8)10/h3,5-7,13H,1,4H2,2H3. The summed E-state index contributed by atoms with van der Waals surface area (Å²) in [7, 11) is 0. The van der Waals surface area contributed by atoms with Gasteiger partial charge in [-0.3, -0.25) is 0 Å². The molecule has 2 aromatic rings. The first-order valence-electron chi connectivity index (χ1n) is 5.03. The summed E-state index contributed by atoms with van der Waals surface area (Å²) >= 11 is 0. The van der Waals surface area contributed by atoms with E-state index in [0.717, 1.165) is 16.5 Å². The van der Waals surface area contributed by atoms with E-state index < -0.39 is 5.97 Å². The summed E-state index contributed by atoms with van der Waals surface area (Å²) in [5.41, 5.74) is 2.14. The molecule has 2 heterocycles. The molecule has 4 heteroatoms. The van der Waals surface area contributed by atoms with Gasteiger partial charge in [0.15, 0.2) is 0 Å². The number of hydrogen-bond acceptors (Lipinski definition) is 3. The van der Waals surface area contributed by atoms with Crippen molar-refractivity contribution >= 4 is 22.9 Å². The molecule has 0 spiro atoms. The van der Waals surface area contributed by atoms with E-state index in [-0.39, 0.29) is 0 Å². The first-order valence-corrected chi connectivity index (χ1v) is 5.03. The summed E-state index contributed by atoms with van der Waals surface area (Å²) in [5, 5.41) is 0.947.